The van der Waals surface area contributed by atoms with E-state index in [4.69, 9.17) is 5.11 Å². The van der Waals surface area contributed by atoms with E-state index in [1.54, 1.807) is 35.2 Å². The molecule has 1 aromatic rings. The van der Waals surface area contributed by atoms with Crippen molar-refractivity contribution >= 4 is 27.8 Å². The van der Waals surface area contributed by atoms with E-state index in [1.807, 2.05) is 0 Å². The fraction of sp³-hybridized carbons (Fsp3) is 0.231. The number of carbonyl (C=O) groups excluding carboxylic acids is 1. The maximum Gasteiger partial charge on any atom is 0.333 e. The highest BCUT2D eigenvalue weighted by Gasteiger charge is 2.22. The van der Waals surface area contributed by atoms with Crippen LogP contribution in [-0.2, 0) is 4.79 Å². The molecule has 0 atom stereocenters. The molecule has 0 unspecified atom stereocenters. The summed E-state index contributed by atoms with van der Waals surface area (Å²) in [6, 6.07) is 7.05. The molecule has 5 heteroatoms. The van der Waals surface area contributed by atoms with Gasteiger partial charge in [0.1, 0.15) is 0 Å². The predicted octanol–water partition coefficient (Wildman–Crippen LogP) is 2.31. The lowest BCUT2D eigenvalue weighted by Gasteiger charge is -2.26. The van der Waals surface area contributed by atoms with E-state index >= 15 is 0 Å². The van der Waals surface area contributed by atoms with E-state index in [2.05, 4.69) is 15.9 Å². The van der Waals surface area contributed by atoms with Crippen LogP contribution in [0, 0.1) is 0 Å². The molecule has 94 valence electrons. The van der Waals surface area contributed by atoms with E-state index in [0.717, 1.165) is 4.47 Å². The fourth-order valence-electron chi connectivity index (χ4n) is 1.85. The molecule has 0 radical (unpaired) electrons. The Kier molecular flexibility index (Phi) is 3.81. The van der Waals surface area contributed by atoms with Gasteiger partial charge in [0.2, 0.25) is 0 Å². The van der Waals surface area contributed by atoms with Gasteiger partial charge in [0.05, 0.1) is 12.1 Å². The molecule has 1 aliphatic rings. The van der Waals surface area contributed by atoms with Crippen LogP contribution in [0.1, 0.15) is 16.8 Å². The van der Waals surface area contributed by atoms with E-state index in [9.17, 15) is 9.59 Å². The second kappa shape index (κ2) is 5.35. The number of carbonyl (C=O) groups is 2. The van der Waals surface area contributed by atoms with Crippen molar-refractivity contribution in [2.75, 3.05) is 13.1 Å². The minimum absolute atomic E-state index is 0.130. The minimum atomic E-state index is -0.955. The molecule has 0 bridgehead atoms. The van der Waals surface area contributed by atoms with Crippen molar-refractivity contribution in [3.63, 3.8) is 0 Å². The first-order valence-corrected chi connectivity index (χ1v) is 6.34. The zero-order valence-corrected chi connectivity index (χ0v) is 11.2. The molecular weight excluding hydrogens is 298 g/mol. The largest absolute Gasteiger partial charge is 0.478 e. The maximum atomic E-state index is 12.2. The topological polar surface area (TPSA) is 57.6 Å². The third kappa shape index (κ3) is 2.79. The monoisotopic (exact) mass is 309 g/mol. The van der Waals surface area contributed by atoms with Crippen molar-refractivity contribution < 1.29 is 14.7 Å². The average molecular weight is 310 g/mol. The van der Waals surface area contributed by atoms with Gasteiger partial charge in [-0.2, -0.15) is 0 Å². The summed E-state index contributed by atoms with van der Waals surface area (Å²) in [6.07, 6.45) is 2.26. The second-order valence-corrected chi connectivity index (χ2v) is 4.97. The first kappa shape index (κ1) is 12.8. The number of carboxylic acids is 1. The van der Waals surface area contributed by atoms with Crippen LogP contribution in [0.15, 0.2) is 40.4 Å². The number of hydrogen-bond donors (Lipinski definition) is 1. The Bertz CT molecular complexity index is 507. The predicted molar refractivity (Wildman–Crippen MR) is 70.4 cm³/mol. The van der Waals surface area contributed by atoms with Crippen molar-refractivity contribution in [1.82, 2.24) is 4.90 Å². The summed E-state index contributed by atoms with van der Waals surface area (Å²) in [4.78, 5) is 24.6. The van der Waals surface area contributed by atoms with Gasteiger partial charge in [-0.05, 0) is 30.7 Å². The summed E-state index contributed by atoms with van der Waals surface area (Å²) >= 11 is 3.31. The second-order valence-electron chi connectivity index (χ2n) is 4.06. The van der Waals surface area contributed by atoms with Crippen molar-refractivity contribution in [2.24, 2.45) is 0 Å². The lowest BCUT2D eigenvalue weighted by molar-refractivity contribution is -0.132. The van der Waals surface area contributed by atoms with Gasteiger partial charge in [-0.3, -0.25) is 4.79 Å². The summed E-state index contributed by atoms with van der Waals surface area (Å²) in [6.45, 7) is 0.732. The Labute approximate surface area is 113 Å². The zero-order valence-electron chi connectivity index (χ0n) is 9.60. The lowest BCUT2D eigenvalue weighted by atomic mass is 10.1. The first-order valence-electron chi connectivity index (χ1n) is 5.55. The molecule has 4 nitrogen and oxygen atoms in total. The molecule has 1 N–H and O–H groups in total. The third-order valence-electron chi connectivity index (χ3n) is 2.80. The van der Waals surface area contributed by atoms with E-state index in [-0.39, 0.29) is 18.0 Å². The summed E-state index contributed by atoms with van der Waals surface area (Å²) in [5.41, 5.74) is 0.858. The number of aliphatic carboxylic acids is 1. The number of nitrogens with zero attached hydrogens (tertiary/aromatic N) is 1. The third-order valence-corrected chi connectivity index (χ3v) is 3.33. The molecule has 2 rings (SSSR count). The first-order chi connectivity index (χ1) is 8.58. The SMILES string of the molecule is O=C(O)C1=CCCN(C(=O)c2ccc(Br)cc2)C1. The molecule has 1 heterocycles. The molecule has 0 aliphatic carbocycles. The zero-order chi connectivity index (χ0) is 13.1. The van der Waals surface area contributed by atoms with Crippen LogP contribution in [0.3, 0.4) is 0 Å². The highest BCUT2D eigenvalue weighted by molar-refractivity contribution is 9.10. The Balaban J connectivity index is 2.13. The Morgan fingerprint density at radius 1 is 1.22 bits per heavy atom. The van der Waals surface area contributed by atoms with Gasteiger partial charge in [-0.25, -0.2) is 4.79 Å². The van der Waals surface area contributed by atoms with Crippen LogP contribution in [0.5, 0.6) is 0 Å². The van der Waals surface area contributed by atoms with E-state index in [1.165, 1.54) is 0 Å². The van der Waals surface area contributed by atoms with Crippen LogP contribution in [0.2, 0.25) is 0 Å². The molecular formula is C13H12BrNO3. The van der Waals surface area contributed by atoms with Crippen molar-refractivity contribution in [3.05, 3.63) is 46.0 Å². The molecule has 0 fully saturated rings. The fourth-order valence-corrected chi connectivity index (χ4v) is 2.11. The van der Waals surface area contributed by atoms with Crippen LogP contribution in [0.4, 0.5) is 0 Å². The van der Waals surface area contributed by atoms with Crippen molar-refractivity contribution in [2.45, 2.75) is 6.42 Å². The number of halogens is 1. The molecule has 1 amide bonds. The van der Waals surface area contributed by atoms with Gasteiger partial charge in [0, 0.05) is 16.6 Å². The van der Waals surface area contributed by atoms with Crippen LogP contribution in [0.25, 0.3) is 0 Å². The van der Waals surface area contributed by atoms with Crippen molar-refractivity contribution in [1.29, 1.82) is 0 Å². The molecule has 1 aliphatic heterocycles. The standard InChI is InChI=1S/C13H12BrNO3/c14-11-5-3-9(4-6-11)12(16)15-7-1-2-10(8-15)13(17)18/h2-6H,1,7-8H2,(H,17,18). The van der Waals surface area contributed by atoms with E-state index < -0.39 is 5.97 Å². The highest BCUT2D eigenvalue weighted by atomic mass is 79.9. The van der Waals surface area contributed by atoms with Gasteiger partial charge < -0.3 is 10.0 Å². The molecule has 18 heavy (non-hydrogen) atoms. The summed E-state index contributed by atoms with van der Waals surface area (Å²) in [7, 11) is 0. The number of benzene rings is 1. The van der Waals surface area contributed by atoms with Crippen LogP contribution in [-0.4, -0.2) is 35.0 Å². The maximum absolute atomic E-state index is 12.2. The summed E-state index contributed by atoms with van der Waals surface area (Å²) < 4.78 is 0.906. The minimum Gasteiger partial charge on any atom is -0.478 e. The number of hydrogen-bond acceptors (Lipinski definition) is 2. The summed E-state index contributed by atoms with van der Waals surface area (Å²) in [5, 5.41) is 8.93. The average Bonchev–Trinajstić information content (AvgIpc) is 2.39. The molecule has 0 spiro atoms. The van der Waals surface area contributed by atoms with Crippen LogP contribution < -0.4 is 0 Å². The van der Waals surface area contributed by atoms with Gasteiger partial charge in [0.15, 0.2) is 0 Å². The molecule has 1 aromatic carbocycles. The Hall–Kier alpha value is -1.62. The van der Waals surface area contributed by atoms with Gasteiger partial charge in [-0.1, -0.05) is 22.0 Å². The molecule has 0 saturated heterocycles. The van der Waals surface area contributed by atoms with Gasteiger partial charge in [-0.15, -0.1) is 0 Å². The highest BCUT2D eigenvalue weighted by Crippen LogP contribution is 2.16. The Morgan fingerprint density at radius 2 is 1.89 bits per heavy atom. The van der Waals surface area contributed by atoms with Crippen molar-refractivity contribution in [3.8, 4) is 0 Å². The van der Waals surface area contributed by atoms with Crippen LogP contribution >= 0.6 is 15.9 Å². The quantitative estimate of drug-likeness (QED) is 0.912. The Morgan fingerprint density at radius 3 is 2.50 bits per heavy atom. The number of rotatable bonds is 2. The number of amides is 1. The van der Waals surface area contributed by atoms with Gasteiger partial charge in [0.25, 0.3) is 5.91 Å². The normalized spacial score (nSPS) is 15.2. The summed E-state index contributed by atoms with van der Waals surface area (Å²) in [5.74, 6) is -1.09. The number of carboxylic acid groups (broad SMARTS) is 1. The molecule has 0 saturated carbocycles. The lowest BCUT2D eigenvalue weighted by Crippen LogP contribution is -2.37. The smallest absolute Gasteiger partial charge is 0.333 e. The van der Waals surface area contributed by atoms with E-state index in [0.29, 0.717) is 18.5 Å². The van der Waals surface area contributed by atoms with Gasteiger partial charge >= 0.3 is 5.97 Å². The molecule has 0 aromatic heterocycles.